The number of piperazine rings is 1. The number of thiophene rings is 1. The molecule has 1 aromatic heterocycles. The maximum absolute atomic E-state index is 14.2. The first kappa shape index (κ1) is 26.6. The SMILES string of the molecule is COC(=O)C(CC(C)C)N1C(=O)CCc2ccc(CCN3CCN(c4cc(F)cc5sccc45)CC3)cc21. The van der Waals surface area contributed by atoms with Gasteiger partial charge < -0.3 is 9.64 Å². The quantitative estimate of drug-likeness (QED) is 0.367. The molecule has 6 nitrogen and oxygen atoms in total. The minimum atomic E-state index is -0.604. The molecule has 2 aliphatic rings. The van der Waals surface area contributed by atoms with Gasteiger partial charge in [-0.05, 0) is 66.0 Å². The predicted octanol–water partition coefficient (Wildman–Crippen LogP) is 5.27. The number of anilines is 2. The first-order valence-corrected chi connectivity index (χ1v) is 14.4. The van der Waals surface area contributed by atoms with Crippen molar-refractivity contribution in [3.05, 3.63) is 58.7 Å². The normalized spacial score (nSPS) is 17.2. The molecule has 5 rings (SSSR count). The van der Waals surface area contributed by atoms with Crippen LogP contribution in [0.4, 0.5) is 15.8 Å². The van der Waals surface area contributed by atoms with Gasteiger partial charge in [0, 0.05) is 60.6 Å². The summed E-state index contributed by atoms with van der Waals surface area (Å²) in [4.78, 5) is 32.1. The molecule has 2 aromatic carbocycles. The largest absolute Gasteiger partial charge is 0.467 e. The number of carbonyl (C=O) groups excluding carboxylic acids is 2. The number of ether oxygens (including phenoxy) is 1. The molecule has 8 heteroatoms. The van der Waals surface area contributed by atoms with E-state index in [1.54, 1.807) is 28.4 Å². The second kappa shape index (κ2) is 11.4. The third-order valence-electron chi connectivity index (χ3n) is 7.71. The summed E-state index contributed by atoms with van der Waals surface area (Å²) in [7, 11) is 1.39. The highest BCUT2D eigenvalue weighted by atomic mass is 32.1. The lowest BCUT2D eigenvalue weighted by molar-refractivity contribution is -0.144. The van der Waals surface area contributed by atoms with Crippen molar-refractivity contribution in [1.82, 2.24) is 4.90 Å². The molecular weight excluding hydrogens is 501 g/mol. The van der Waals surface area contributed by atoms with Gasteiger partial charge in [-0.1, -0.05) is 26.0 Å². The van der Waals surface area contributed by atoms with Crippen molar-refractivity contribution < 1.29 is 18.7 Å². The number of halogens is 1. The van der Waals surface area contributed by atoms with Crippen molar-refractivity contribution in [2.24, 2.45) is 5.92 Å². The van der Waals surface area contributed by atoms with E-state index in [-0.39, 0.29) is 23.6 Å². The molecule has 202 valence electrons. The Bertz CT molecular complexity index is 1320. The third kappa shape index (κ3) is 5.57. The van der Waals surface area contributed by atoms with Gasteiger partial charge in [-0.2, -0.15) is 0 Å². The van der Waals surface area contributed by atoms with Gasteiger partial charge >= 0.3 is 5.97 Å². The molecule has 1 atom stereocenters. The third-order valence-corrected chi connectivity index (χ3v) is 8.57. The number of aryl methyl sites for hydroxylation is 1. The molecular formula is C30H36FN3O3S. The number of hydrogen-bond donors (Lipinski definition) is 0. The van der Waals surface area contributed by atoms with Gasteiger partial charge in [-0.25, -0.2) is 9.18 Å². The van der Waals surface area contributed by atoms with Crippen molar-refractivity contribution >= 4 is 44.7 Å². The molecule has 1 fully saturated rings. The summed E-state index contributed by atoms with van der Waals surface area (Å²) >= 11 is 1.58. The predicted molar refractivity (Wildman–Crippen MR) is 152 cm³/mol. The van der Waals surface area contributed by atoms with E-state index in [9.17, 15) is 14.0 Å². The van der Waals surface area contributed by atoms with E-state index in [2.05, 4.69) is 47.9 Å². The second-order valence-electron chi connectivity index (χ2n) is 10.7. The molecule has 1 saturated heterocycles. The topological polar surface area (TPSA) is 53.1 Å². The number of hydrogen-bond acceptors (Lipinski definition) is 6. The zero-order valence-corrected chi connectivity index (χ0v) is 23.2. The lowest BCUT2D eigenvalue weighted by Crippen LogP contribution is -2.48. The number of methoxy groups -OCH3 is 1. The van der Waals surface area contributed by atoms with Crippen LogP contribution < -0.4 is 9.80 Å². The van der Waals surface area contributed by atoms with Gasteiger partial charge in [0.25, 0.3) is 0 Å². The van der Waals surface area contributed by atoms with Crippen LogP contribution in [0, 0.1) is 11.7 Å². The smallest absolute Gasteiger partial charge is 0.328 e. The molecule has 0 spiro atoms. The Morgan fingerprint density at radius 3 is 2.58 bits per heavy atom. The fraction of sp³-hybridized carbons (Fsp3) is 0.467. The maximum atomic E-state index is 14.2. The van der Waals surface area contributed by atoms with Crippen LogP contribution >= 0.6 is 11.3 Å². The molecule has 1 unspecified atom stereocenters. The molecule has 3 aromatic rings. The molecule has 3 heterocycles. The maximum Gasteiger partial charge on any atom is 0.328 e. The van der Waals surface area contributed by atoms with Crippen molar-refractivity contribution in [2.75, 3.05) is 49.6 Å². The molecule has 1 amide bonds. The van der Waals surface area contributed by atoms with Crippen LogP contribution in [0.5, 0.6) is 0 Å². The van der Waals surface area contributed by atoms with Crippen LogP contribution in [0.25, 0.3) is 10.1 Å². The highest BCUT2D eigenvalue weighted by molar-refractivity contribution is 7.17. The van der Waals surface area contributed by atoms with Gasteiger partial charge in [-0.15, -0.1) is 11.3 Å². The Morgan fingerprint density at radius 1 is 1.05 bits per heavy atom. The van der Waals surface area contributed by atoms with Gasteiger partial charge in [0.15, 0.2) is 0 Å². The number of benzene rings is 2. The van der Waals surface area contributed by atoms with Crippen molar-refractivity contribution in [1.29, 1.82) is 0 Å². The summed E-state index contributed by atoms with van der Waals surface area (Å²) in [5.41, 5.74) is 4.10. The summed E-state index contributed by atoms with van der Waals surface area (Å²) < 4.78 is 20.3. The van der Waals surface area contributed by atoms with Crippen LogP contribution in [0.1, 0.15) is 37.8 Å². The molecule has 0 N–H and O–H groups in total. The van der Waals surface area contributed by atoms with Crippen LogP contribution in [0.3, 0.4) is 0 Å². The summed E-state index contributed by atoms with van der Waals surface area (Å²) in [5, 5.41) is 3.15. The van der Waals surface area contributed by atoms with Gasteiger partial charge in [-0.3, -0.25) is 14.6 Å². The minimum absolute atomic E-state index is 0.0149. The number of esters is 1. The Morgan fingerprint density at radius 2 is 1.84 bits per heavy atom. The summed E-state index contributed by atoms with van der Waals surface area (Å²) in [6.07, 6.45) is 2.53. The van der Waals surface area contributed by atoms with E-state index in [0.717, 1.165) is 71.7 Å². The summed E-state index contributed by atoms with van der Waals surface area (Å²) in [6, 6.07) is 11.1. The lowest BCUT2D eigenvalue weighted by Gasteiger charge is -2.37. The first-order chi connectivity index (χ1) is 18.3. The fourth-order valence-corrected chi connectivity index (χ4v) is 6.54. The average Bonchev–Trinajstić information content (AvgIpc) is 3.38. The summed E-state index contributed by atoms with van der Waals surface area (Å²) in [5.74, 6) is -0.303. The van der Waals surface area contributed by atoms with Crippen LogP contribution in [-0.2, 0) is 27.2 Å². The Balaban J connectivity index is 1.26. The van der Waals surface area contributed by atoms with E-state index >= 15 is 0 Å². The van der Waals surface area contributed by atoms with Crippen LogP contribution in [-0.4, -0.2) is 62.7 Å². The molecule has 0 bridgehead atoms. The highest BCUT2D eigenvalue weighted by Crippen LogP contribution is 2.34. The number of amides is 1. The molecule has 2 aliphatic heterocycles. The zero-order chi connectivity index (χ0) is 26.8. The first-order valence-electron chi connectivity index (χ1n) is 13.5. The second-order valence-corrected chi connectivity index (χ2v) is 11.7. The fourth-order valence-electron chi connectivity index (χ4n) is 5.71. The Labute approximate surface area is 228 Å². The van der Waals surface area contributed by atoms with Crippen LogP contribution in [0.15, 0.2) is 41.8 Å². The molecule has 0 aliphatic carbocycles. The van der Waals surface area contributed by atoms with E-state index in [1.807, 2.05) is 5.38 Å². The monoisotopic (exact) mass is 537 g/mol. The van der Waals surface area contributed by atoms with Gasteiger partial charge in [0.05, 0.1) is 7.11 Å². The van der Waals surface area contributed by atoms with Crippen LogP contribution in [0.2, 0.25) is 0 Å². The molecule has 0 radical (unpaired) electrons. The van der Waals surface area contributed by atoms with Crippen molar-refractivity contribution in [2.45, 2.75) is 45.6 Å². The number of fused-ring (bicyclic) bond motifs is 2. The zero-order valence-electron chi connectivity index (χ0n) is 22.4. The summed E-state index contributed by atoms with van der Waals surface area (Å²) in [6.45, 7) is 8.56. The molecule has 0 saturated carbocycles. The van der Waals surface area contributed by atoms with E-state index in [0.29, 0.717) is 19.3 Å². The van der Waals surface area contributed by atoms with E-state index in [4.69, 9.17) is 4.74 Å². The van der Waals surface area contributed by atoms with E-state index in [1.165, 1.54) is 7.11 Å². The standard InChI is InChI=1S/C30H36FN3O3S/c1-20(2)16-27(30(36)37-3)34-25-17-21(4-5-22(25)6-7-29(34)35)8-10-32-11-13-33(14-12-32)26-18-23(31)19-28-24(26)9-15-38-28/h4-5,9,15,17-20,27H,6-8,10-14,16H2,1-3H3. The minimum Gasteiger partial charge on any atom is -0.467 e. The number of carbonyl (C=O) groups is 2. The van der Waals surface area contributed by atoms with Crippen molar-refractivity contribution in [3.8, 4) is 0 Å². The van der Waals surface area contributed by atoms with Gasteiger partial charge in [0.2, 0.25) is 5.91 Å². The Kier molecular flexibility index (Phi) is 8.00. The van der Waals surface area contributed by atoms with Crippen molar-refractivity contribution in [3.63, 3.8) is 0 Å². The number of nitrogens with zero attached hydrogens (tertiary/aromatic N) is 3. The van der Waals surface area contributed by atoms with Gasteiger partial charge in [0.1, 0.15) is 11.9 Å². The Hall–Kier alpha value is -2.97. The number of rotatable bonds is 8. The highest BCUT2D eigenvalue weighted by Gasteiger charge is 2.36. The lowest BCUT2D eigenvalue weighted by atomic mass is 9.94. The van der Waals surface area contributed by atoms with E-state index < -0.39 is 6.04 Å². The average molecular weight is 538 g/mol. The molecule has 38 heavy (non-hydrogen) atoms.